The Hall–Kier alpha value is -1.19. The van der Waals surface area contributed by atoms with Crippen molar-refractivity contribution in [3.05, 3.63) is 46.1 Å². The van der Waals surface area contributed by atoms with Crippen LogP contribution in [0.3, 0.4) is 0 Å². The van der Waals surface area contributed by atoms with Crippen LogP contribution in [0, 0.1) is 19.7 Å². The number of hydrogen-bond acceptors (Lipinski definition) is 2. The lowest BCUT2D eigenvalue weighted by Crippen LogP contribution is -2.01. The van der Waals surface area contributed by atoms with Gasteiger partial charge in [0.25, 0.3) is 0 Å². The van der Waals surface area contributed by atoms with Crippen LogP contribution in [0.15, 0.2) is 24.3 Å². The SMILES string of the molecule is Cc1ccc(F)cc1-c1sc(C(C)N)cc1C. The van der Waals surface area contributed by atoms with Gasteiger partial charge in [0.05, 0.1) is 0 Å². The monoisotopic (exact) mass is 249 g/mol. The van der Waals surface area contributed by atoms with E-state index in [9.17, 15) is 4.39 Å². The predicted octanol–water partition coefficient (Wildman–Crippen LogP) is 4.19. The molecule has 1 heterocycles. The Bertz CT molecular complexity index is 543. The van der Waals surface area contributed by atoms with Crippen molar-refractivity contribution in [1.82, 2.24) is 0 Å². The van der Waals surface area contributed by atoms with Crippen molar-refractivity contribution in [3.8, 4) is 10.4 Å². The van der Waals surface area contributed by atoms with Crippen LogP contribution >= 0.6 is 11.3 Å². The maximum atomic E-state index is 13.3. The lowest BCUT2D eigenvalue weighted by molar-refractivity contribution is 0.628. The summed E-state index contributed by atoms with van der Waals surface area (Å²) in [6.07, 6.45) is 0. The number of thiophene rings is 1. The molecule has 1 nitrogen and oxygen atoms in total. The van der Waals surface area contributed by atoms with Gasteiger partial charge in [-0.2, -0.15) is 0 Å². The first-order valence-corrected chi connectivity index (χ1v) is 6.43. The summed E-state index contributed by atoms with van der Waals surface area (Å²) < 4.78 is 13.3. The summed E-state index contributed by atoms with van der Waals surface area (Å²) in [5, 5.41) is 0. The number of aryl methyl sites for hydroxylation is 2. The zero-order valence-corrected chi connectivity index (χ0v) is 11.1. The Balaban J connectivity index is 2.56. The normalized spacial score (nSPS) is 12.8. The van der Waals surface area contributed by atoms with E-state index < -0.39 is 0 Å². The molecule has 0 fully saturated rings. The summed E-state index contributed by atoms with van der Waals surface area (Å²) >= 11 is 1.65. The van der Waals surface area contributed by atoms with Crippen molar-refractivity contribution >= 4 is 11.3 Å². The fourth-order valence-electron chi connectivity index (χ4n) is 1.84. The molecule has 1 aromatic carbocycles. The molecule has 1 aromatic heterocycles. The van der Waals surface area contributed by atoms with E-state index in [4.69, 9.17) is 5.73 Å². The van der Waals surface area contributed by atoms with Crippen molar-refractivity contribution in [2.24, 2.45) is 5.73 Å². The largest absolute Gasteiger partial charge is 0.324 e. The van der Waals surface area contributed by atoms with Gasteiger partial charge in [0, 0.05) is 15.8 Å². The van der Waals surface area contributed by atoms with E-state index in [1.807, 2.05) is 26.8 Å². The van der Waals surface area contributed by atoms with Crippen LogP contribution in [0.25, 0.3) is 10.4 Å². The molecular formula is C14H16FNS. The zero-order chi connectivity index (χ0) is 12.6. The van der Waals surface area contributed by atoms with E-state index in [0.29, 0.717) is 0 Å². The minimum absolute atomic E-state index is 0.0290. The van der Waals surface area contributed by atoms with E-state index in [1.165, 1.54) is 6.07 Å². The van der Waals surface area contributed by atoms with E-state index in [1.54, 1.807) is 17.4 Å². The van der Waals surface area contributed by atoms with Gasteiger partial charge >= 0.3 is 0 Å². The summed E-state index contributed by atoms with van der Waals surface area (Å²) in [6, 6.07) is 7.03. The maximum Gasteiger partial charge on any atom is 0.123 e. The number of nitrogens with two attached hydrogens (primary N) is 1. The van der Waals surface area contributed by atoms with E-state index in [0.717, 1.165) is 26.4 Å². The zero-order valence-electron chi connectivity index (χ0n) is 10.3. The fourth-order valence-corrected chi connectivity index (χ4v) is 3.04. The molecule has 2 N–H and O–H groups in total. The average Bonchev–Trinajstić information content (AvgIpc) is 2.64. The summed E-state index contributed by atoms with van der Waals surface area (Å²) in [5.41, 5.74) is 9.10. The van der Waals surface area contributed by atoms with Crippen LogP contribution in [0.2, 0.25) is 0 Å². The van der Waals surface area contributed by atoms with Gasteiger partial charge in [-0.3, -0.25) is 0 Å². The van der Waals surface area contributed by atoms with Crippen LogP contribution in [0.1, 0.15) is 29.0 Å². The number of rotatable bonds is 2. The third-order valence-corrected chi connectivity index (χ3v) is 4.30. The first-order valence-electron chi connectivity index (χ1n) is 5.61. The third kappa shape index (κ3) is 2.40. The van der Waals surface area contributed by atoms with E-state index >= 15 is 0 Å². The Labute approximate surface area is 105 Å². The molecule has 3 heteroatoms. The highest BCUT2D eigenvalue weighted by atomic mass is 32.1. The highest BCUT2D eigenvalue weighted by Gasteiger charge is 2.12. The van der Waals surface area contributed by atoms with Crippen LogP contribution in [0.4, 0.5) is 4.39 Å². The second kappa shape index (κ2) is 4.59. The van der Waals surface area contributed by atoms with Gasteiger partial charge in [0.2, 0.25) is 0 Å². The molecule has 0 radical (unpaired) electrons. The molecule has 2 rings (SSSR count). The van der Waals surface area contributed by atoms with Gasteiger partial charge in [-0.25, -0.2) is 4.39 Å². The molecule has 2 aromatic rings. The van der Waals surface area contributed by atoms with Crippen LogP contribution in [-0.4, -0.2) is 0 Å². The second-order valence-corrected chi connectivity index (χ2v) is 5.49. The summed E-state index contributed by atoms with van der Waals surface area (Å²) in [4.78, 5) is 2.26. The Morgan fingerprint density at radius 3 is 2.47 bits per heavy atom. The smallest absolute Gasteiger partial charge is 0.123 e. The molecule has 1 atom stereocenters. The average molecular weight is 249 g/mol. The van der Waals surface area contributed by atoms with Crippen LogP contribution < -0.4 is 5.73 Å². The van der Waals surface area contributed by atoms with Gasteiger partial charge < -0.3 is 5.73 Å². The molecule has 17 heavy (non-hydrogen) atoms. The number of hydrogen-bond donors (Lipinski definition) is 1. The molecule has 0 amide bonds. The highest BCUT2D eigenvalue weighted by Crippen LogP contribution is 2.36. The topological polar surface area (TPSA) is 26.0 Å². The molecule has 0 saturated heterocycles. The van der Waals surface area contributed by atoms with E-state index in [-0.39, 0.29) is 11.9 Å². The summed E-state index contributed by atoms with van der Waals surface area (Å²) in [5.74, 6) is -0.194. The van der Waals surface area contributed by atoms with Gasteiger partial charge in [0.15, 0.2) is 0 Å². The molecule has 0 spiro atoms. The first kappa shape index (κ1) is 12.3. The quantitative estimate of drug-likeness (QED) is 0.848. The van der Waals surface area contributed by atoms with Gasteiger partial charge in [-0.05, 0) is 55.7 Å². The van der Waals surface area contributed by atoms with E-state index in [2.05, 4.69) is 6.07 Å². The number of halogens is 1. The van der Waals surface area contributed by atoms with Gasteiger partial charge in [0.1, 0.15) is 5.82 Å². The number of benzene rings is 1. The fraction of sp³-hybridized carbons (Fsp3) is 0.286. The van der Waals surface area contributed by atoms with Crippen molar-refractivity contribution in [2.45, 2.75) is 26.8 Å². The molecule has 90 valence electrons. The van der Waals surface area contributed by atoms with Gasteiger partial charge in [-0.15, -0.1) is 11.3 Å². The summed E-state index contributed by atoms with van der Waals surface area (Å²) in [6.45, 7) is 6.01. The lowest BCUT2D eigenvalue weighted by Gasteiger charge is -2.05. The van der Waals surface area contributed by atoms with Crippen LogP contribution in [0.5, 0.6) is 0 Å². The van der Waals surface area contributed by atoms with Crippen molar-refractivity contribution < 1.29 is 4.39 Å². The minimum Gasteiger partial charge on any atom is -0.324 e. The Morgan fingerprint density at radius 2 is 1.88 bits per heavy atom. The minimum atomic E-state index is -0.194. The Morgan fingerprint density at radius 1 is 1.18 bits per heavy atom. The molecule has 0 aliphatic rings. The maximum absolute atomic E-state index is 13.3. The molecule has 0 saturated carbocycles. The lowest BCUT2D eigenvalue weighted by atomic mass is 10.0. The summed E-state index contributed by atoms with van der Waals surface area (Å²) in [7, 11) is 0. The molecule has 0 bridgehead atoms. The second-order valence-electron chi connectivity index (χ2n) is 4.41. The predicted molar refractivity (Wildman–Crippen MR) is 71.8 cm³/mol. The highest BCUT2D eigenvalue weighted by molar-refractivity contribution is 7.15. The third-order valence-electron chi connectivity index (χ3n) is 2.83. The molecule has 0 aliphatic heterocycles. The van der Waals surface area contributed by atoms with Crippen molar-refractivity contribution in [3.63, 3.8) is 0 Å². The molecule has 0 aliphatic carbocycles. The van der Waals surface area contributed by atoms with Crippen molar-refractivity contribution in [2.75, 3.05) is 0 Å². The van der Waals surface area contributed by atoms with Crippen molar-refractivity contribution in [1.29, 1.82) is 0 Å². The molecule has 1 unspecified atom stereocenters. The van der Waals surface area contributed by atoms with Gasteiger partial charge in [-0.1, -0.05) is 6.07 Å². The van der Waals surface area contributed by atoms with Crippen LogP contribution in [-0.2, 0) is 0 Å². The standard InChI is InChI=1S/C14H16FNS/c1-8-4-5-11(15)7-12(8)14-9(2)6-13(17-14)10(3)16/h4-7,10H,16H2,1-3H3. The first-order chi connectivity index (χ1) is 7.99. The molecular weight excluding hydrogens is 233 g/mol. The Kier molecular flexibility index (Phi) is 3.31.